The van der Waals surface area contributed by atoms with Crippen LogP contribution in [0, 0.1) is 0 Å². The molecule has 0 N–H and O–H groups in total. The van der Waals surface area contributed by atoms with Crippen LogP contribution in [0.1, 0.15) is 25.7 Å². The van der Waals surface area contributed by atoms with Gasteiger partial charge in [0.1, 0.15) is 12.1 Å². The minimum atomic E-state index is 0.258. The second kappa shape index (κ2) is 7.03. The molecular weight excluding hydrogens is 324 g/mol. The van der Waals surface area contributed by atoms with Gasteiger partial charge in [0.25, 0.3) is 0 Å². The summed E-state index contributed by atoms with van der Waals surface area (Å²) in [5.74, 6) is 1.26. The molecule has 7 heteroatoms. The van der Waals surface area contributed by atoms with Crippen LogP contribution in [0.4, 0.5) is 5.82 Å². The Hall–Kier alpha value is -1.73. The third-order valence-corrected chi connectivity index (χ3v) is 5.76. The molecule has 2 aliphatic rings. The minimum absolute atomic E-state index is 0.258. The smallest absolute Gasteiger partial charge is 0.222 e. The van der Waals surface area contributed by atoms with Crippen molar-refractivity contribution in [1.29, 1.82) is 0 Å². The molecule has 0 spiro atoms. The quantitative estimate of drug-likeness (QED) is 0.850. The maximum absolute atomic E-state index is 12.4. The Morgan fingerprint density at radius 2 is 2.17 bits per heavy atom. The van der Waals surface area contributed by atoms with Gasteiger partial charge in [-0.2, -0.15) is 0 Å². The van der Waals surface area contributed by atoms with Crippen molar-refractivity contribution in [3.8, 4) is 0 Å². The van der Waals surface area contributed by atoms with Gasteiger partial charge in [-0.25, -0.2) is 9.97 Å². The minimum Gasteiger partial charge on any atom is -0.378 e. The Kier molecular flexibility index (Phi) is 4.62. The van der Waals surface area contributed by atoms with E-state index in [1.54, 1.807) is 17.7 Å². The lowest BCUT2D eigenvalue weighted by Gasteiger charge is -2.35. The van der Waals surface area contributed by atoms with Crippen molar-refractivity contribution < 1.29 is 9.53 Å². The van der Waals surface area contributed by atoms with Gasteiger partial charge in [0.05, 0.1) is 16.3 Å². The molecule has 0 saturated carbocycles. The summed E-state index contributed by atoms with van der Waals surface area (Å²) in [5, 5.41) is 2.05. The van der Waals surface area contributed by atoms with Crippen molar-refractivity contribution in [2.75, 3.05) is 37.7 Å². The number of thiophene rings is 1. The molecule has 2 aromatic rings. The SMILES string of the molecule is O=C(CCC1CCCO1)N1CCN(c2ncnc3ccsc23)CC1. The largest absolute Gasteiger partial charge is 0.378 e. The molecule has 4 rings (SSSR count). The average molecular weight is 346 g/mol. The van der Waals surface area contributed by atoms with Gasteiger partial charge in [-0.05, 0) is 30.7 Å². The second-order valence-corrected chi connectivity index (χ2v) is 7.29. The van der Waals surface area contributed by atoms with Gasteiger partial charge in [0, 0.05) is 39.2 Å². The van der Waals surface area contributed by atoms with E-state index in [9.17, 15) is 4.79 Å². The van der Waals surface area contributed by atoms with Crippen LogP contribution in [0.2, 0.25) is 0 Å². The molecule has 24 heavy (non-hydrogen) atoms. The number of hydrogen-bond acceptors (Lipinski definition) is 6. The van der Waals surface area contributed by atoms with Crippen molar-refractivity contribution in [2.24, 2.45) is 0 Å². The first-order valence-corrected chi connectivity index (χ1v) is 9.52. The monoisotopic (exact) mass is 346 g/mol. The molecule has 128 valence electrons. The Labute approximate surface area is 145 Å². The number of piperazine rings is 1. The van der Waals surface area contributed by atoms with Crippen LogP contribution in [0.25, 0.3) is 10.2 Å². The van der Waals surface area contributed by atoms with E-state index in [0.29, 0.717) is 12.5 Å². The van der Waals surface area contributed by atoms with Crippen molar-refractivity contribution in [1.82, 2.24) is 14.9 Å². The molecule has 1 unspecified atom stereocenters. The molecule has 2 aromatic heterocycles. The normalized spacial score (nSPS) is 21.6. The number of amides is 1. The molecule has 0 aliphatic carbocycles. The molecule has 0 aromatic carbocycles. The Morgan fingerprint density at radius 3 is 2.96 bits per heavy atom. The van der Waals surface area contributed by atoms with Gasteiger partial charge in [0.2, 0.25) is 5.91 Å². The molecule has 1 atom stereocenters. The summed E-state index contributed by atoms with van der Waals surface area (Å²) in [6, 6.07) is 2.02. The lowest BCUT2D eigenvalue weighted by molar-refractivity contribution is -0.132. The Morgan fingerprint density at radius 1 is 1.29 bits per heavy atom. The van der Waals surface area contributed by atoms with Crippen LogP contribution >= 0.6 is 11.3 Å². The van der Waals surface area contributed by atoms with Crippen LogP contribution in [-0.4, -0.2) is 59.7 Å². The molecule has 2 aliphatic heterocycles. The zero-order valence-corrected chi connectivity index (χ0v) is 14.5. The number of anilines is 1. The van der Waals surface area contributed by atoms with Crippen molar-refractivity contribution in [3.63, 3.8) is 0 Å². The third-order valence-electron chi connectivity index (χ3n) is 4.86. The lowest BCUT2D eigenvalue weighted by Crippen LogP contribution is -2.49. The van der Waals surface area contributed by atoms with E-state index in [-0.39, 0.29) is 5.91 Å². The van der Waals surface area contributed by atoms with E-state index in [2.05, 4.69) is 14.9 Å². The topological polar surface area (TPSA) is 58.6 Å². The summed E-state index contributed by atoms with van der Waals surface area (Å²) in [4.78, 5) is 25.4. The van der Waals surface area contributed by atoms with Crippen LogP contribution in [0.5, 0.6) is 0 Å². The summed E-state index contributed by atoms with van der Waals surface area (Å²) in [6.07, 6.45) is 5.63. The van der Waals surface area contributed by atoms with Crippen LogP contribution in [-0.2, 0) is 9.53 Å². The number of rotatable bonds is 4. The molecular formula is C17H22N4O2S. The molecule has 6 nitrogen and oxygen atoms in total. The van der Waals surface area contributed by atoms with Crippen LogP contribution in [0.15, 0.2) is 17.8 Å². The maximum atomic E-state index is 12.4. The number of aromatic nitrogens is 2. The number of fused-ring (bicyclic) bond motifs is 1. The van der Waals surface area contributed by atoms with Crippen molar-refractivity contribution in [2.45, 2.75) is 31.8 Å². The van der Waals surface area contributed by atoms with E-state index in [4.69, 9.17) is 4.74 Å². The number of carbonyl (C=O) groups is 1. The van der Waals surface area contributed by atoms with Gasteiger partial charge >= 0.3 is 0 Å². The van der Waals surface area contributed by atoms with Gasteiger partial charge in [-0.1, -0.05) is 0 Å². The second-order valence-electron chi connectivity index (χ2n) is 6.37. The van der Waals surface area contributed by atoms with Gasteiger partial charge in [-0.3, -0.25) is 4.79 Å². The third kappa shape index (κ3) is 3.23. The van der Waals surface area contributed by atoms with Gasteiger partial charge in [0.15, 0.2) is 0 Å². The summed E-state index contributed by atoms with van der Waals surface area (Å²) in [5.41, 5.74) is 1.00. The van der Waals surface area contributed by atoms with E-state index in [1.807, 2.05) is 16.3 Å². The number of carbonyl (C=O) groups excluding carboxylic acids is 1. The highest BCUT2D eigenvalue weighted by Gasteiger charge is 2.24. The Balaban J connectivity index is 1.33. The zero-order chi connectivity index (χ0) is 16.4. The summed E-state index contributed by atoms with van der Waals surface area (Å²) in [6.45, 7) is 4.04. The molecule has 2 fully saturated rings. The van der Waals surface area contributed by atoms with Crippen molar-refractivity contribution in [3.05, 3.63) is 17.8 Å². The lowest BCUT2D eigenvalue weighted by atomic mass is 10.1. The fourth-order valence-corrected chi connectivity index (χ4v) is 4.35. The summed E-state index contributed by atoms with van der Waals surface area (Å²) < 4.78 is 6.74. The van der Waals surface area contributed by atoms with E-state index >= 15 is 0 Å². The highest BCUT2D eigenvalue weighted by atomic mass is 32.1. The molecule has 1 amide bonds. The summed E-state index contributed by atoms with van der Waals surface area (Å²) in [7, 11) is 0. The first-order valence-electron chi connectivity index (χ1n) is 8.64. The first-order chi connectivity index (χ1) is 11.8. The molecule has 2 saturated heterocycles. The maximum Gasteiger partial charge on any atom is 0.222 e. The average Bonchev–Trinajstić information content (AvgIpc) is 3.31. The van der Waals surface area contributed by atoms with Crippen LogP contribution in [0.3, 0.4) is 0 Å². The van der Waals surface area contributed by atoms with Gasteiger partial charge < -0.3 is 14.5 Å². The van der Waals surface area contributed by atoms with E-state index in [0.717, 1.165) is 68.1 Å². The fraction of sp³-hybridized carbons (Fsp3) is 0.588. The van der Waals surface area contributed by atoms with E-state index in [1.165, 1.54) is 0 Å². The number of hydrogen-bond donors (Lipinski definition) is 0. The Bertz CT molecular complexity index is 705. The highest BCUT2D eigenvalue weighted by Crippen LogP contribution is 2.28. The van der Waals surface area contributed by atoms with Crippen LogP contribution < -0.4 is 4.90 Å². The zero-order valence-electron chi connectivity index (χ0n) is 13.7. The predicted octanol–water partition coefficient (Wildman–Crippen LogP) is 2.30. The molecule has 0 bridgehead atoms. The number of ether oxygens (including phenoxy) is 1. The first kappa shape index (κ1) is 15.8. The number of nitrogens with zero attached hydrogens (tertiary/aromatic N) is 4. The van der Waals surface area contributed by atoms with Crippen molar-refractivity contribution >= 4 is 33.3 Å². The molecule has 4 heterocycles. The highest BCUT2D eigenvalue weighted by molar-refractivity contribution is 7.17. The van der Waals surface area contributed by atoms with E-state index < -0.39 is 0 Å². The standard InChI is InChI=1S/C17H22N4O2S/c22-15(4-3-13-2-1-10-23-13)20-6-8-21(9-7-20)17-16-14(5-11-24-16)18-12-19-17/h5,11-13H,1-4,6-10H2. The molecule has 0 radical (unpaired) electrons. The summed E-state index contributed by atoms with van der Waals surface area (Å²) >= 11 is 1.68. The predicted molar refractivity (Wildman–Crippen MR) is 94.4 cm³/mol. The van der Waals surface area contributed by atoms with Gasteiger partial charge in [-0.15, -0.1) is 11.3 Å². The fourth-order valence-electron chi connectivity index (χ4n) is 3.48.